The van der Waals surface area contributed by atoms with Crippen LogP contribution in [-0.4, -0.2) is 20.7 Å². The number of nitrogens with zero attached hydrogens (tertiary/aromatic N) is 3. The molecule has 5 rings (SSSR count). The summed E-state index contributed by atoms with van der Waals surface area (Å²) in [4.78, 5) is 16.9. The molecule has 146 valence electrons. The van der Waals surface area contributed by atoms with Gasteiger partial charge in [-0.1, -0.05) is 41.9 Å². The van der Waals surface area contributed by atoms with Crippen LogP contribution in [0.2, 0.25) is 5.02 Å². The second kappa shape index (κ2) is 7.61. The summed E-state index contributed by atoms with van der Waals surface area (Å²) in [5.41, 5.74) is 5.77. The Kier molecular flexibility index (Phi) is 4.65. The van der Waals surface area contributed by atoms with Crippen molar-refractivity contribution in [1.82, 2.24) is 14.8 Å². The van der Waals surface area contributed by atoms with Crippen molar-refractivity contribution in [3.05, 3.63) is 101 Å². The Balaban J connectivity index is 1.62. The van der Waals surface area contributed by atoms with Gasteiger partial charge < -0.3 is 5.32 Å². The first-order valence-corrected chi connectivity index (χ1v) is 9.90. The van der Waals surface area contributed by atoms with Gasteiger partial charge in [0.15, 0.2) is 0 Å². The SMILES string of the molecule is O=C1Nc2ccc(Cl)cc2C1=Cc1cn(Cc2ccccc2)nc1-c1cccnc1. The largest absolute Gasteiger partial charge is 0.321 e. The highest BCUT2D eigenvalue weighted by Crippen LogP contribution is 2.36. The standard InChI is InChI=1S/C24H17ClN4O/c25-19-8-9-22-20(12-19)21(24(30)27-22)11-18-15-29(14-16-5-2-1-3-6-16)28-23(18)17-7-4-10-26-13-17/h1-13,15H,14H2,(H,27,30). The Morgan fingerprint density at radius 2 is 1.93 bits per heavy atom. The Labute approximate surface area is 178 Å². The Morgan fingerprint density at radius 3 is 2.73 bits per heavy atom. The van der Waals surface area contributed by atoms with Crippen molar-refractivity contribution < 1.29 is 4.79 Å². The fourth-order valence-corrected chi connectivity index (χ4v) is 3.75. The summed E-state index contributed by atoms with van der Waals surface area (Å²) in [5.74, 6) is -0.153. The molecule has 6 heteroatoms. The first-order valence-electron chi connectivity index (χ1n) is 9.52. The van der Waals surface area contributed by atoms with Gasteiger partial charge in [-0.05, 0) is 42.0 Å². The number of halogens is 1. The van der Waals surface area contributed by atoms with E-state index in [1.54, 1.807) is 24.5 Å². The Morgan fingerprint density at radius 1 is 1.07 bits per heavy atom. The summed E-state index contributed by atoms with van der Waals surface area (Å²) in [6.45, 7) is 0.631. The zero-order valence-electron chi connectivity index (χ0n) is 15.9. The summed E-state index contributed by atoms with van der Waals surface area (Å²) in [6, 6.07) is 19.4. The van der Waals surface area contributed by atoms with Gasteiger partial charge in [-0.25, -0.2) is 0 Å². The summed E-state index contributed by atoms with van der Waals surface area (Å²) in [6.07, 6.45) is 7.33. The van der Waals surface area contributed by atoms with Crippen LogP contribution in [0.5, 0.6) is 0 Å². The molecule has 2 aromatic carbocycles. The number of aromatic nitrogens is 3. The van der Waals surface area contributed by atoms with E-state index in [-0.39, 0.29) is 5.91 Å². The van der Waals surface area contributed by atoms with Gasteiger partial charge in [-0.3, -0.25) is 14.5 Å². The quantitative estimate of drug-likeness (QED) is 0.472. The zero-order valence-corrected chi connectivity index (χ0v) is 16.7. The molecule has 4 aromatic rings. The number of amides is 1. The van der Waals surface area contributed by atoms with E-state index in [0.717, 1.165) is 33.6 Å². The number of hydrogen-bond acceptors (Lipinski definition) is 3. The number of carbonyl (C=O) groups excluding carboxylic acids is 1. The first kappa shape index (κ1) is 18.3. The smallest absolute Gasteiger partial charge is 0.256 e. The van der Waals surface area contributed by atoms with Crippen molar-refractivity contribution in [2.24, 2.45) is 0 Å². The zero-order chi connectivity index (χ0) is 20.5. The average molecular weight is 413 g/mol. The fraction of sp³-hybridized carbons (Fsp3) is 0.0417. The number of fused-ring (bicyclic) bond motifs is 1. The van der Waals surface area contributed by atoms with E-state index < -0.39 is 0 Å². The van der Waals surface area contributed by atoms with Gasteiger partial charge in [-0.15, -0.1) is 0 Å². The van der Waals surface area contributed by atoms with E-state index in [9.17, 15) is 4.79 Å². The summed E-state index contributed by atoms with van der Waals surface area (Å²) < 4.78 is 1.88. The van der Waals surface area contributed by atoms with Crippen LogP contribution in [0.4, 0.5) is 5.69 Å². The molecule has 0 unspecified atom stereocenters. The molecule has 3 heterocycles. The van der Waals surface area contributed by atoms with Crippen LogP contribution < -0.4 is 5.32 Å². The minimum Gasteiger partial charge on any atom is -0.321 e. The van der Waals surface area contributed by atoms with Crippen LogP contribution in [0.25, 0.3) is 22.9 Å². The molecule has 0 spiro atoms. The lowest BCUT2D eigenvalue weighted by molar-refractivity contribution is -0.110. The lowest BCUT2D eigenvalue weighted by Crippen LogP contribution is -2.03. The molecule has 5 nitrogen and oxygen atoms in total. The van der Waals surface area contributed by atoms with Crippen LogP contribution in [0.1, 0.15) is 16.7 Å². The average Bonchev–Trinajstić information content (AvgIpc) is 3.30. The second-order valence-electron chi connectivity index (χ2n) is 7.06. The van der Waals surface area contributed by atoms with E-state index in [0.29, 0.717) is 17.1 Å². The third-order valence-electron chi connectivity index (χ3n) is 4.98. The lowest BCUT2D eigenvalue weighted by atomic mass is 10.0. The summed E-state index contributed by atoms with van der Waals surface area (Å²) >= 11 is 6.17. The predicted molar refractivity (Wildman–Crippen MR) is 119 cm³/mol. The van der Waals surface area contributed by atoms with E-state index in [1.807, 2.05) is 53.4 Å². The molecule has 30 heavy (non-hydrogen) atoms. The number of rotatable bonds is 4. The van der Waals surface area contributed by atoms with Crippen molar-refractivity contribution in [3.8, 4) is 11.3 Å². The van der Waals surface area contributed by atoms with Gasteiger partial charge >= 0.3 is 0 Å². The third kappa shape index (κ3) is 3.51. The first-order chi connectivity index (χ1) is 14.7. The van der Waals surface area contributed by atoms with Crippen LogP contribution in [0, 0.1) is 0 Å². The van der Waals surface area contributed by atoms with Crippen molar-refractivity contribution in [2.45, 2.75) is 6.54 Å². The summed E-state index contributed by atoms with van der Waals surface area (Å²) in [7, 11) is 0. The highest BCUT2D eigenvalue weighted by molar-refractivity contribution is 6.36. The maximum Gasteiger partial charge on any atom is 0.256 e. The van der Waals surface area contributed by atoms with Crippen molar-refractivity contribution in [2.75, 3.05) is 5.32 Å². The van der Waals surface area contributed by atoms with Crippen molar-refractivity contribution in [3.63, 3.8) is 0 Å². The number of nitrogens with one attached hydrogen (secondary N) is 1. The minimum atomic E-state index is -0.153. The van der Waals surface area contributed by atoms with Crippen molar-refractivity contribution >= 4 is 34.8 Å². The molecule has 0 atom stereocenters. The van der Waals surface area contributed by atoms with Crippen LogP contribution in [0.15, 0.2) is 79.3 Å². The molecule has 2 aromatic heterocycles. The van der Waals surface area contributed by atoms with Gasteiger partial charge in [0.1, 0.15) is 5.69 Å². The topological polar surface area (TPSA) is 59.8 Å². The number of anilines is 1. The number of benzene rings is 2. The van der Waals surface area contributed by atoms with Gasteiger partial charge in [0.2, 0.25) is 0 Å². The molecule has 0 saturated carbocycles. The van der Waals surface area contributed by atoms with Gasteiger partial charge in [0, 0.05) is 51.6 Å². The Bertz CT molecular complexity index is 1260. The molecule has 0 aliphatic carbocycles. The van der Waals surface area contributed by atoms with Crippen LogP contribution in [-0.2, 0) is 11.3 Å². The predicted octanol–water partition coefficient (Wildman–Crippen LogP) is 5.14. The molecular weight excluding hydrogens is 396 g/mol. The Hall–Kier alpha value is -3.70. The molecule has 0 fully saturated rings. The van der Waals surface area contributed by atoms with Gasteiger partial charge in [-0.2, -0.15) is 5.10 Å². The minimum absolute atomic E-state index is 0.153. The molecule has 1 amide bonds. The maximum absolute atomic E-state index is 12.6. The van der Waals surface area contributed by atoms with E-state index in [2.05, 4.69) is 22.4 Å². The molecule has 0 radical (unpaired) electrons. The maximum atomic E-state index is 12.6. The highest BCUT2D eigenvalue weighted by atomic mass is 35.5. The molecule has 0 saturated heterocycles. The summed E-state index contributed by atoms with van der Waals surface area (Å²) in [5, 5.41) is 8.27. The number of pyridine rings is 1. The molecular formula is C24H17ClN4O. The van der Waals surface area contributed by atoms with Crippen LogP contribution in [0.3, 0.4) is 0 Å². The van der Waals surface area contributed by atoms with Crippen LogP contribution >= 0.6 is 11.6 Å². The third-order valence-corrected chi connectivity index (χ3v) is 5.21. The van der Waals surface area contributed by atoms with E-state index in [4.69, 9.17) is 16.7 Å². The van der Waals surface area contributed by atoms with Crippen molar-refractivity contribution in [1.29, 1.82) is 0 Å². The fourth-order valence-electron chi connectivity index (χ4n) is 3.58. The number of hydrogen-bond donors (Lipinski definition) is 1. The second-order valence-corrected chi connectivity index (χ2v) is 7.50. The number of carbonyl (C=O) groups is 1. The van der Waals surface area contributed by atoms with E-state index in [1.165, 1.54) is 0 Å². The van der Waals surface area contributed by atoms with Gasteiger partial charge in [0.25, 0.3) is 5.91 Å². The van der Waals surface area contributed by atoms with E-state index >= 15 is 0 Å². The monoisotopic (exact) mass is 412 g/mol. The normalized spacial score (nSPS) is 14.0. The highest BCUT2D eigenvalue weighted by Gasteiger charge is 2.25. The molecule has 0 bridgehead atoms. The van der Waals surface area contributed by atoms with Gasteiger partial charge in [0.05, 0.1) is 6.54 Å². The lowest BCUT2D eigenvalue weighted by Gasteiger charge is -2.01. The molecule has 1 aliphatic rings. The molecule has 1 N–H and O–H groups in total. The molecule has 1 aliphatic heterocycles.